The Labute approximate surface area is 532 Å². The van der Waals surface area contributed by atoms with Gasteiger partial charge in [-0.05, 0) is 125 Å². The number of halogens is 1. The number of methoxy groups -OCH3 is 1. The van der Waals surface area contributed by atoms with Crippen molar-refractivity contribution in [1.82, 2.24) is 64.6 Å². The highest BCUT2D eigenvalue weighted by molar-refractivity contribution is 6.06. The third-order valence-electron chi connectivity index (χ3n) is 17.9. The first kappa shape index (κ1) is 63.5. The molecule has 1 unspecified atom stereocenters. The average Bonchev–Trinajstić information content (AvgIpc) is 1.24. The summed E-state index contributed by atoms with van der Waals surface area (Å²) in [5, 5.41) is 43.8. The molecule has 0 spiro atoms. The van der Waals surface area contributed by atoms with Crippen molar-refractivity contribution >= 4 is 45.5 Å². The van der Waals surface area contributed by atoms with E-state index in [1.807, 2.05) is 72.9 Å². The number of carbonyl (C=O) groups is 3. The monoisotopic (exact) mass is 1260 g/mol. The van der Waals surface area contributed by atoms with Crippen molar-refractivity contribution in [2.45, 2.75) is 154 Å². The van der Waals surface area contributed by atoms with Crippen LogP contribution in [-0.4, -0.2) is 171 Å². The van der Waals surface area contributed by atoms with Gasteiger partial charge in [-0.2, -0.15) is 20.2 Å². The second-order valence-electron chi connectivity index (χ2n) is 26.0. The number of anilines is 1. The predicted octanol–water partition coefficient (Wildman–Crippen LogP) is 8.96. The van der Waals surface area contributed by atoms with Crippen LogP contribution in [0.1, 0.15) is 133 Å². The molecule has 4 aliphatic rings. The van der Waals surface area contributed by atoms with Crippen LogP contribution in [0, 0.1) is 18.7 Å². The number of rotatable bonds is 21. The summed E-state index contributed by atoms with van der Waals surface area (Å²) in [4.78, 5) is 61.7. The minimum absolute atomic E-state index is 0.0119. The van der Waals surface area contributed by atoms with Gasteiger partial charge in [-0.25, -0.2) is 28.2 Å². The van der Waals surface area contributed by atoms with Crippen molar-refractivity contribution in [3.8, 4) is 39.8 Å². The van der Waals surface area contributed by atoms with E-state index in [9.17, 15) is 24.6 Å². The number of hydrogen-bond donors (Lipinski definition) is 3. The quantitative estimate of drug-likeness (QED) is 0.0606. The fourth-order valence-corrected chi connectivity index (χ4v) is 12.7. The number of aromatic nitrogens is 10. The minimum Gasteiger partial charge on any atom is -0.486 e. The van der Waals surface area contributed by atoms with Gasteiger partial charge in [0.2, 0.25) is 11.8 Å². The number of β-amino-alcohol motifs (C(OH)–C–C–N with tert-alkyl or cyclic N) is 1. The molecule has 24 nitrogen and oxygen atoms in total. The van der Waals surface area contributed by atoms with E-state index in [-0.39, 0.29) is 68.5 Å². The summed E-state index contributed by atoms with van der Waals surface area (Å²) >= 11 is 0. The predicted molar refractivity (Wildman–Crippen MR) is 339 cm³/mol. The molecule has 4 aromatic heterocycles. The first-order valence-corrected chi connectivity index (χ1v) is 31.8. The van der Waals surface area contributed by atoms with E-state index in [4.69, 9.17) is 38.8 Å². The molecule has 0 bridgehead atoms. The Bertz CT molecular complexity index is 3960. The zero-order valence-electron chi connectivity index (χ0n) is 53.5. The molecule has 8 aromatic rings. The third kappa shape index (κ3) is 13.2. The highest BCUT2D eigenvalue weighted by atomic mass is 19.1. The Morgan fingerprint density at radius 1 is 0.935 bits per heavy atom. The van der Waals surface area contributed by atoms with E-state index in [2.05, 4.69) is 36.7 Å². The number of aliphatic hydroxyl groups excluding tert-OH is 2. The Morgan fingerprint density at radius 2 is 1.72 bits per heavy atom. The largest absolute Gasteiger partial charge is 0.486 e. The van der Waals surface area contributed by atoms with Gasteiger partial charge in [0, 0.05) is 86.4 Å². The number of nitrogens with one attached hydrogen (secondary N) is 1. The summed E-state index contributed by atoms with van der Waals surface area (Å²) in [5.74, 6) is -0.540. The van der Waals surface area contributed by atoms with Crippen molar-refractivity contribution in [2.24, 2.45) is 5.92 Å². The summed E-state index contributed by atoms with van der Waals surface area (Å²) in [7, 11) is 3.58. The third-order valence-corrected chi connectivity index (χ3v) is 17.9. The lowest BCUT2D eigenvalue weighted by Crippen LogP contribution is -2.50. The van der Waals surface area contributed by atoms with Crippen molar-refractivity contribution in [3.63, 3.8) is 0 Å². The number of ether oxygens (including phenoxy) is 5. The van der Waals surface area contributed by atoms with Crippen LogP contribution >= 0.6 is 0 Å². The van der Waals surface area contributed by atoms with Crippen LogP contribution in [0.4, 0.5) is 15.0 Å². The van der Waals surface area contributed by atoms with Crippen molar-refractivity contribution in [3.05, 3.63) is 114 Å². The number of aliphatic hydroxyl groups is 2. The maximum Gasteiger partial charge on any atom is 0.410 e. The molecule has 3 N–H and O–H groups in total. The molecule has 3 amide bonds. The minimum atomic E-state index is -1.02. The number of likely N-dealkylation sites (tertiary alicyclic amines) is 2. The Hall–Kier alpha value is -8.65. The van der Waals surface area contributed by atoms with Gasteiger partial charge < -0.3 is 53.9 Å². The van der Waals surface area contributed by atoms with Gasteiger partial charge in [0.1, 0.15) is 66.4 Å². The standard InChI is InChI=1S/C67H81FN14O10/c1-38(2)60(64(86)79-31-47(84)26-55(79)63(85)72-53(33-83)44-19-21-45(22-20-44)81-37-69-36-71-81)80-32-52(75-76-80)43-15-13-41(14-16-43)35-90-61-58(57-40(4)51(68)28-54-50(57)29-70-82(54)56-12-10-11-25-89-56)48(42-17-18-42)27-49-59(61)73-65(91-34-39(3)88-9)74-62(49)77(8)46-23-24-78(30-46)66(87)92-67(5,6)7/h13-16,19-22,27-29,32,36-39,42,46-47,53,55-56,60,83-84H,10-12,17-18,23-26,30-31,33-35H2,1-9H3,(H,72,85)/t39-,46-,47+,53-,55-,56?,60-/m0/s1. The Balaban J connectivity index is 0.865. The topological polar surface area (TPSA) is 265 Å². The SMILES string of the molecule is CO[C@@H](C)COc1nc(N(C)[C@H]2CCN(C(=O)OC(C)(C)C)C2)c2cc(C3CC3)c(-c3c(C)c(F)cc4c3cnn4C3CCCCO3)c(OCc3ccc(-c4cn([C@H](C(=O)N5C[C@H](O)C[C@H]5C(=O)N[C@@H](CO)c5ccc(-n6cncn6)cc5)C(C)C)nn4)cc3)c2n1. The first-order valence-electron chi connectivity index (χ1n) is 31.8. The van der Waals surface area contributed by atoms with Crippen molar-refractivity contribution in [1.29, 1.82) is 0 Å². The molecule has 3 aliphatic heterocycles. The van der Waals surface area contributed by atoms with Crippen LogP contribution in [0.5, 0.6) is 11.8 Å². The summed E-state index contributed by atoms with van der Waals surface area (Å²) in [6, 6.07) is 15.7. The van der Waals surface area contributed by atoms with Crippen molar-refractivity contribution in [2.75, 3.05) is 58.5 Å². The zero-order valence-corrected chi connectivity index (χ0v) is 53.5. The summed E-state index contributed by atoms with van der Waals surface area (Å²) in [6.07, 6.45) is 9.60. The summed E-state index contributed by atoms with van der Waals surface area (Å²) in [6.45, 7) is 14.2. The number of benzene rings is 4. The van der Waals surface area contributed by atoms with E-state index >= 15 is 4.39 Å². The Morgan fingerprint density at radius 3 is 2.40 bits per heavy atom. The smallest absolute Gasteiger partial charge is 0.410 e. The van der Waals surface area contributed by atoms with Gasteiger partial charge in [-0.3, -0.25) is 9.59 Å². The van der Waals surface area contributed by atoms with Gasteiger partial charge >= 0.3 is 12.1 Å². The second kappa shape index (κ2) is 26.5. The van der Waals surface area contributed by atoms with Gasteiger partial charge in [0.15, 0.2) is 12.0 Å². The second-order valence-corrected chi connectivity index (χ2v) is 26.0. The molecule has 7 heterocycles. The van der Waals surface area contributed by atoms with Crippen molar-refractivity contribution < 1.29 is 52.7 Å². The molecule has 4 fully saturated rings. The number of amides is 3. The number of carbonyl (C=O) groups excluding carboxylic acids is 3. The van der Waals surface area contributed by atoms with E-state index in [1.165, 1.54) is 15.9 Å². The van der Waals surface area contributed by atoms with Crippen LogP contribution < -0.4 is 19.7 Å². The van der Waals surface area contributed by atoms with Crippen LogP contribution in [0.3, 0.4) is 0 Å². The number of nitrogens with zero attached hydrogens (tertiary/aromatic N) is 13. The molecule has 25 heteroatoms. The maximum absolute atomic E-state index is 16.9. The highest BCUT2D eigenvalue weighted by Crippen LogP contribution is 2.54. The lowest BCUT2D eigenvalue weighted by molar-refractivity contribution is -0.142. The molecule has 1 aliphatic carbocycles. The fraction of sp³-hybridized carbons (Fsp3) is 0.493. The lowest BCUT2D eigenvalue weighted by Gasteiger charge is -2.30. The van der Waals surface area contributed by atoms with E-state index in [0.717, 1.165) is 54.3 Å². The van der Waals surface area contributed by atoms with Crippen LogP contribution in [0.15, 0.2) is 85.7 Å². The number of likely N-dealkylation sites (N-methyl/N-ethyl adjacent to an activating group) is 1. The van der Waals surface area contributed by atoms with Crippen LogP contribution in [0.2, 0.25) is 0 Å². The number of fused-ring (bicyclic) bond motifs is 2. The van der Waals surface area contributed by atoms with Gasteiger partial charge in [-0.15, -0.1) is 5.10 Å². The molecule has 4 aromatic carbocycles. The van der Waals surface area contributed by atoms with Crippen LogP contribution in [-0.2, 0) is 30.4 Å². The Kier molecular flexibility index (Phi) is 18.3. The molecule has 12 rings (SSSR count). The molecular formula is C67H81FN14O10. The van der Waals surface area contributed by atoms with Gasteiger partial charge in [0.25, 0.3) is 0 Å². The first-order chi connectivity index (χ1) is 44.2. The molecule has 0 radical (unpaired) electrons. The fourth-order valence-electron chi connectivity index (χ4n) is 12.7. The van der Waals surface area contributed by atoms with Gasteiger partial charge in [0.05, 0.1) is 48.5 Å². The highest BCUT2D eigenvalue weighted by Gasteiger charge is 2.44. The average molecular weight is 1260 g/mol. The molecule has 1 saturated carbocycles. The summed E-state index contributed by atoms with van der Waals surface area (Å²) < 4.78 is 53.1. The molecule has 7 atom stereocenters. The molecule has 92 heavy (non-hydrogen) atoms. The molecule has 486 valence electrons. The normalized spacial score (nSPS) is 19.6. The zero-order chi connectivity index (χ0) is 64.7. The van der Waals surface area contributed by atoms with E-state index in [0.29, 0.717) is 87.6 Å². The van der Waals surface area contributed by atoms with Gasteiger partial charge in [-0.1, -0.05) is 55.5 Å². The summed E-state index contributed by atoms with van der Waals surface area (Å²) in [5.41, 5.74) is 6.47. The van der Waals surface area contributed by atoms with E-state index in [1.54, 1.807) is 77.3 Å². The maximum atomic E-state index is 16.9. The van der Waals surface area contributed by atoms with Crippen LogP contribution in [0.25, 0.3) is 49.9 Å². The molecule has 3 saturated heterocycles. The van der Waals surface area contributed by atoms with E-state index < -0.39 is 54.1 Å². The lowest BCUT2D eigenvalue weighted by atomic mass is 9.88. The number of hydrogen-bond acceptors (Lipinski definition) is 18. The molecular weight excluding hydrogens is 1180 g/mol.